The lowest BCUT2D eigenvalue weighted by atomic mass is 10.2. The molecule has 2 rings (SSSR count). The van der Waals surface area contributed by atoms with Crippen molar-refractivity contribution < 1.29 is 9.53 Å². The SMILES string of the molecule is O=C(/C=C\c1c(Cl)cccc1Cl)NN1CCOCC1. The molecule has 0 aliphatic carbocycles. The summed E-state index contributed by atoms with van der Waals surface area (Å²) in [5.74, 6) is -0.210. The molecule has 0 saturated carbocycles. The van der Waals surface area contributed by atoms with Crippen molar-refractivity contribution in [3.63, 3.8) is 0 Å². The van der Waals surface area contributed by atoms with Crippen LogP contribution < -0.4 is 5.43 Å². The van der Waals surface area contributed by atoms with E-state index in [0.29, 0.717) is 41.9 Å². The fourth-order valence-corrected chi connectivity index (χ4v) is 2.22. The number of carbonyl (C=O) groups excluding carboxylic acids is 1. The molecule has 1 saturated heterocycles. The van der Waals surface area contributed by atoms with E-state index in [-0.39, 0.29) is 5.91 Å². The predicted molar refractivity (Wildman–Crippen MR) is 76.0 cm³/mol. The van der Waals surface area contributed by atoms with Crippen LogP contribution in [0.4, 0.5) is 0 Å². The molecule has 0 unspecified atom stereocenters. The highest BCUT2D eigenvalue weighted by molar-refractivity contribution is 6.37. The van der Waals surface area contributed by atoms with Crippen molar-refractivity contribution in [3.05, 3.63) is 39.9 Å². The zero-order chi connectivity index (χ0) is 13.7. The number of morpholine rings is 1. The molecule has 0 atom stereocenters. The summed E-state index contributed by atoms with van der Waals surface area (Å²) < 4.78 is 5.20. The van der Waals surface area contributed by atoms with Crippen LogP contribution in [0.5, 0.6) is 0 Å². The summed E-state index contributed by atoms with van der Waals surface area (Å²) in [6.45, 7) is 2.62. The molecule has 4 nitrogen and oxygen atoms in total. The van der Waals surface area contributed by atoms with E-state index in [1.165, 1.54) is 6.08 Å². The first-order valence-electron chi connectivity index (χ1n) is 5.92. The lowest BCUT2D eigenvalue weighted by Gasteiger charge is -2.26. The number of carbonyl (C=O) groups is 1. The summed E-state index contributed by atoms with van der Waals surface area (Å²) >= 11 is 12.0. The van der Waals surface area contributed by atoms with Gasteiger partial charge in [-0.1, -0.05) is 29.3 Å². The van der Waals surface area contributed by atoms with E-state index in [1.54, 1.807) is 24.3 Å². The second-order valence-corrected chi connectivity index (χ2v) is 4.86. The van der Waals surface area contributed by atoms with Crippen molar-refractivity contribution in [2.45, 2.75) is 0 Å². The number of benzene rings is 1. The van der Waals surface area contributed by atoms with Crippen LogP contribution in [0.25, 0.3) is 6.08 Å². The maximum atomic E-state index is 11.7. The van der Waals surface area contributed by atoms with E-state index >= 15 is 0 Å². The number of nitrogens with one attached hydrogen (secondary N) is 1. The molecular formula is C13H14Cl2N2O2. The molecule has 19 heavy (non-hydrogen) atoms. The molecule has 1 aliphatic heterocycles. The van der Waals surface area contributed by atoms with Gasteiger partial charge in [-0.3, -0.25) is 10.2 Å². The van der Waals surface area contributed by atoms with Crippen LogP contribution in [-0.4, -0.2) is 37.2 Å². The molecule has 6 heteroatoms. The summed E-state index contributed by atoms with van der Waals surface area (Å²) in [5, 5.41) is 2.86. The Bertz CT molecular complexity index is 465. The van der Waals surface area contributed by atoms with E-state index < -0.39 is 0 Å². The zero-order valence-corrected chi connectivity index (χ0v) is 11.7. The first-order chi connectivity index (χ1) is 9.16. The van der Waals surface area contributed by atoms with Crippen LogP contribution >= 0.6 is 23.2 Å². The van der Waals surface area contributed by atoms with Crippen LogP contribution in [0.1, 0.15) is 5.56 Å². The smallest absolute Gasteiger partial charge is 0.258 e. The third-order valence-electron chi connectivity index (χ3n) is 2.68. The molecule has 1 N–H and O–H groups in total. The minimum absolute atomic E-state index is 0.210. The maximum absolute atomic E-state index is 11.7. The third kappa shape index (κ3) is 4.21. The summed E-state index contributed by atoms with van der Waals surface area (Å²) in [6, 6.07) is 5.22. The quantitative estimate of drug-likeness (QED) is 0.872. The second-order valence-electron chi connectivity index (χ2n) is 4.04. The van der Waals surface area contributed by atoms with Crippen molar-refractivity contribution in [1.82, 2.24) is 10.4 Å². The third-order valence-corrected chi connectivity index (χ3v) is 3.34. The van der Waals surface area contributed by atoms with Crippen molar-refractivity contribution in [1.29, 1.82) is 0 Å². The predicted octanol–water partition coefficient (Wildman–Crippen LogP) is 2.37. The summed E-state index contributed by atoms with van der Waals surface area (Å²) in [6.07, 6.45) is 3.03. The Labute approximate surface area is 121 Å². The Morgan fingerprint density at radius 1 is 1.26 bits per heavy atom. The monoisotopic (exact) mass is 300 g/mol. The molecular weight excluding hydrogens is 287 g/mol. The fourth-order valence-electron chi connectivity index (χ4n) is 1.70. The highest BCUT2D eigenvalue weighted by Gasteiger charge is 2.11. The first kappa shape index (κ1) is 14.3. The Kier molecular flexibility index (Phi) is 5.22. The normalized spacial score (nSPS) is 16.7. The van der Waals surface area contributed by atoms with Crippen molar-refractivity contribution in [2.24, 2.45) is 0 Å². The van der Waals surface area contributed by atoms with Gasteiger partial charge in [-0.05, 0) is 18.2 Å². The lowest BCUT2D eigenvalue weighted by Crippen LogP contribution is -2.47. The number of rotatable bonds is 3. The molecule has 1 aromatic rings. The van der Waals surface area contributed by atoms with Gasteiger partial charge in [-0.2, -0.15) is 0 Å². The fraction of sp³-hybridized carbons (Fsp3) is 0.308. The summed E-state index contributed by atoms with van der Waals surface area (Å²) in [4.78, 5) is 11.7. The van der Waals surface area contributed by atoms with Crippen LogP contribution in [0.3, 0.4) is 0 Å². The van der Waals surface area contributed by atoms with Crippen LogP contribution in [0.2, 0.25) is 10.0 Å². The highest BCUT2D eigenvalue weighted by atomic mass is 35.5. The van der Waals surface area contributed by atoms with E-state index in [9.17, 15) is 4.79 Å². The molecule has 1 aliphatic rings. The van der Waals surface area contributed by atoms with Crippen molar-refractivity contribution >= 4 is 35.2 Å². The Morgan fingerprint density at radius 2 is 1.89 bits per heavy atom. The molecule has 0 radical (unpaired) electrons. The Hall–Kier alpha value is -1.07. The van der Waals surface area contributed by atoms with Gasteiger partial charge < -0.3 is 4.74 Å². The summed E-state index contributed by atoms with van der Waals surface area (Å²) in [5.41, 5.74) is 3.41. The maximum Gasteiger partial charge on any atom is 0.258 e. The topological polar surface area (TPSA) is 41.6 Å². The van der Waals surface area contributed by atoms with Gasteiger partial charge in [0.2, 0.25) is 0 Å². The molecule has 1 fully saturated rings. The molecule has 102 valence electrons. The largest absolute Gasteiger partial charge is 0.379 e. The number of hydrazine groups is 1. The molecule has 1 amide bonds. The average Bonchev–Trinajstić information content (AvgIpc) is 2.39. The number of ether oxygens (including phenoxy) is 1. The highest BCUT2D eigenvalue weighted by Crippen LogP contribution is 2.25. The van der Waals surface area contributed by atoms with E-state index in [1.807, 2.05) is 5.01 Å². The van der Waals surface area contributed by atoms with E-state index in [0.717, 1.165) is 0 Å². The number of halogens is 2. The van der Waals surface area contributed by atoms with Gasteiger partial charge in [0.05, 0.1) is 13.2 Å². The molecule has 0 spiro atoms. The Balaban J connectivity index is 1.96. The van der Waals surface area contributed by atoms with Crippen molar-refractivity contribution in [2.75, 3.05) is 26.3 Å². The van der Waals surface area contributed by atoms with Crippen LogP contribution in [0.15, 0.2) is 24.3 Å². The van der Waals surface area contributed by atoms with Gasteiger partial charge in [0, 0.05) is 34.8 Å². The van der Waals surface area contributed by atoms with Gasteiger partial charge in [0.25, 0.3) is 5.91 Å². The number of amides is 1. The van der Waals surface area contributed by atoms with Gasteiger partial charge in [-0.15, -0.1) is 0 Å². The molecule has 0 aromatic heterocycles. The molecule has 1 aromatic carbocycles. The molecule has 0 bridgehead atoms. The number of hydrogen-bond donors (Lipinski definition) is 1. The zero-order valence-electron chi connectivity index (χ0n) is 10.2. The first-order valence-corrected chi connectivity index (χ1v) is 6.68. The number of nitrogens with zero attached hydrogens (tertiary/aromatic N) is 1. The average molecular weight is 301 g/mol. The molecule has 1 heterocycles. The lowest BCUT2D eigenvalue weighted by molar-refractivity contribution is -0.123. The number of hydrogen-bond acceptors (Lipinski definition) is 3. The van der Waals surface area contributed by atoms with Gasteiger partial charge in [-0.25, -0.2) is 5.01 Å². The minimum atomic E-state index is -0.210. The van der Waals surface area contributed by atoms with Crippen LogP contribution in [-0.2, 0) is 9.53 Å². The van der Waals surface area contributed by atoms with Gasteiger partial charge in [0.15, 0.2) is 0 Å². The Morgan fingerprint density at radius 3 is 2.53 bits per heavy atom. The van der Waals surface area contributed by atoms with Crippen molar-refractivity contribution in [3.8, 4) is 0 Å². The van der Waals surface area contributed by atoms with Gasteiger partial charge in [0.1, 0.15) is 0 Å². The van der Waals surface area contributed by atoms with E-state index in [4.69, 9.17) is 27.9 Å². The van der Waals surface area contributed by atoms with Crippen LogP contribution in [0, 0.1) is 0 Å². The van der Waals surface area contributed by atoms with Gasteiger partial charge >= 0.3 is 0 Å². The van der Waals surface area contributed by atoms with E-state index in [2.05, 4.69) is 5.43 Å². The summed E-state index contributed by atoms with van der Waals surface area (Å²) in [7, 11) is 0. The minimum Gasteiger partial charge on any atom is -0.379 e. The standard InChI is InChI=1S/C13H14Cl2N2O2/c14-11-2-1-3-12(15)10(11)4-5-13(18)16-17-6-8-19-9-7-17/h1-5H,6-9H2,(H,16,18)/b5-4-. The second kappa shape index (κ2) is 6.91.